The molecule has 3 aromatic rings. The van der Waals surface area contributed by atoms with Crippen LogP contribution in [0, 0.1) is 5.41 Å². The first-order valence-corrected chi connectivity index (χ1v) is 11.2. The number of pyridine rings is 2. The molecule has 3 fully saturated rings. The molecule has 0 radical (unpaired) electrons. The lowest BCUT2D eigenvalue weighted by Gasteiger charge is -2.57. The minimum absolute atomic E-state index is 0.236. The third-order valence-corrected chi connectivity index (χ3v) is 7.01. The van der Waals surface area contributed by atoms with E-state index in [9.17, 15) is 22.4 Å². The van der Waals surface area contributed by atoms with Crippen LogP contribution in [0.2, 0.25) is 0 Å². The second-order valence-electron chi connectivity index (χ2n) is 9.48. The van der Waals surface area contributed by atoms with E-state index in [-0.39, 0.29) is 24.5 Å². The number of rotatable bonds is 4. The highest BCUT2D eigenvalue weighted by Gasteiger charge is 2.48. The molecule has 0 saturated carbocycles. The molecule has 12 heteroatoms. The summed E-state index contributed by atoms with van der Waals surface area (Å²) < 4.78 is 54.1. The van der Waals surface area contributed by atoms with Crippen molar-refractivity contribution in [3.63, 3.8) is 0 Å². The number of amides is 1. The van der Waals surface area contributed by atoms with Crippen LogP contribution in [0.25, 0.3) is 22.3 Å². The molecule has 0 bridgehead atoms. The molecule has 1 amide bonds. The van der Waals surface area contributed by atoms with E-state index in [2.05, 4.69) is 26.8 Å². The Morgan fingerprint density at radius 2 is 1.89 bits per heavy atom. The highest BCUT2D eigenvalue weighted by molar-refractivity contribution is 5.98. The molecule has 35 heavy (non-hydrogen) atoms. The molecule has 6 heterocycles. The van der Waals surface area contributed by atoms with E-state index in [1.54, 1.807) is 10.9 Å². The molecule has 8 nitrogen and oxygen atoms in total. The summed E-state index contributed by atoms with van der Waals surface area (Å²) in [5.41, 5.74) is 2.28. The van der Waals surface area contributed by atoms with Gasteiger partial charge in [0.2, 0.25) is 0 Å². The maximum absolute atomic E-state index is 13.3. The fourth-order valence-corrected chi connectivity index (χ4v) is 5.05. The number of carbonyl (C=O) groups excluding carboxylic acids is 1. The Morgan fingerprint density at radius 3 is 2.46 bits per heavy atom. The molecule has 182 valence electrons. The molecular weight excluding hydrogens is 466 g/mol. The fourth-order valence-electron chi connectivity index (χ4n) is 5.05. The van der Waals surface area contributed by atoms with Gasteiger partial charge in [0.1, 0.15) is 22.4 Å². The number of hydrogen-bond acceptors (Lipinski definition) is 6. The average molecular weight is 487 g/mol. The van der Waals surface area contributed by atoms with Crippen LogP contribution >= 0.6 is 0 Å². The van der Waals surface area contributed by atoms with E-state index in [1.165, 1.54) is 11.0 Å². The second kappa shape index (κ2) is 7.48. The number of anilines is 1. The van der Waals surface area contributed by atoms with E-state index in [0.29, 0.717) is 16.8 Å². The molecule has 1 N–H and O–H groups in total. The molecule has 1 spiro atoms. The van der Waals surface area contributed by atoms with Gasteiger partial charge >= 0.3 is 6.18 Å². The van der Waals surface area contributed by atoms with Gasteiger partial charge < -0.3 is 15.1 Å². The molecule has 6 rings (SSSR count). The first-order chi connectivity index (χ1) is 16.7. The summed E-state index contributed by atoms with van der Waals surface area (Å²) in [6.07, 6.45) is -1.73. The zero-order valence-corrected chi connectivity index (χ0v) is 18.5. The first kappa shape index (κ1) is 22.0. The number of fused-ring (bicyclic) bond motifs is 1. The summed E-state index contributed by atoms with van der Waals surface area (Å²) in [5, 5.41) is 8.03. The van der Waals surface area contributed by atoms with Crippen LogP contribution in [0.5, 0.6) is 0 Å². The van der Waals surface area contributed by atoms with E-state index in [4.69, 9.17) is 5.10 Å². The Kier molecular flexibility index (Phi) is 4.69. The molecule has 0 atom stereocenters. The Morgan fingerprint density at radius 1 is 1.14 bits per heavy atom. The molecule has 0 aliphatic carbocycles. The summed E-state index contributed by atoms with van der Waals surface area (Å²) in [4.78, 5) is 23.6. The van der Waals surface area contributed by atoms with Crippen molar-refractivity contribution in [2.45, 2.75) is 12.2 Å². The van der Waals surface area contributed by atoms with Crippen LogP contribution < -0.4 is 10.2 Å². The molecular formula is C23H21F4N7O. The number of alkyl halides is 3. The number of nitrogens with one attached hydrogen (secondary N) is 1. The summed E-state index contributed by atoms with van der Waals surface area (Å²) in [5.74, 6) is -1.78. The third kappa shape index (κ3) is 3.46. The quantitative estimate of drug-likeness (QED) is 0.451. The van der Waals surface area contributed by atoms with E-state index in [0.717, 1.165) is 49.6 Å². The summed E-state index contributed by atoms with van der Waals surface area (Å²) in [7, 11) is 0. The molecule has 3 aliphatic heterocycles. The van der Waals surface area contributed by atoms with Crippen LogP contribution in [0.1, 0.15) is 11.7 Å². The van der Waals surface area contributed by atoms with Gasteiger partial charge in [0.05, 0.1) is 11.7 Å². The lowest BCUT2D eigenvalue weighted by atomic mass is 9.74. The highest BCUT2D eigenvalue weighted by atomic mass is 19.4. The third-order valence-electron chi connectivity index (χ3n) is 7.01. The lowest BCUT2D eigenvalue weighted by Crippen LogP contribution is -2.71. The minimum Gasteiger partial charge on any atom is -0.368 e. The van der Waals surface area contributed by atoms with Gasteiger partial charge in [-0.25, -0.2) is 4.39 Å². The van der Waals surface area contributed by atoms with Gasteiger partial charge in [-0.1, -0.05) is 6.58 Å². The SMILES string of the molecule is C=C(F)C(=O)N1CC(n2nc(-c3ccc(C(F)(F)F)nc3)c3nccc(N4CC5(CNC5)C4)c32)C1. The number of hydrogen-bond donors (Lipinski definition) is 1. The Hall–Kier alpha value is -3.54. The van der Waals surface area contributed by atoms with Crippen molar-refractivity contribution >= 4 is 22.6 Å². The van der Waals surface area contributed by atoms with Crippen molar-refractivity contribution in [3.05, 3.63) is 48.7 Å². The summed E-state index contributed by atoms with van der Waals surface area (Å²) in [6, 6.07) is 3.92. The Balaban J connectivity index is 1.40. The van der Waals surface area contributed by atoms with Gasteiger partial charge in [-0.15, -0.1) is 0 Å². The van der Waals surface area contributed by atoms with Crippen LogP contribution in [0.3, 0.4) is 0 Å². The second-order valence-corrected chi connectivity index (χ2v) is 9.48. The zero-order valence-electron chi connectivity index (χ0n) is 18.5. The predicted molar refractivity (Wildman–Crippen MR) is 119 cm³/mol. The minimum atomic E-state index is -4.54. The topological polar surface area (TPSA) is 79.2 Å². The fraction of sp³-hybridized carbons (Fsp3) is 0.391. The van der Waals surface area contributed by atoms with Gasteiger partial charge in [0, 0.05) is 62.6 Å². The van der Waals surface area contributed by atoms with Crippen molar-refractivity contribution in [2.24, 2.45) is 5.41 Å². The van der Waals surface area contributed by atoms with Crippen LogP contribution in [-0.4, -0.2) is 69.8 Å². The molecule has 0 unspecified atom stereocenters. The maximum atomic E-state index is 13.3. The van der Waals surface area contributed by atoms with Gasteiger partial charge in [-0.05, 0) is 18.2 Å². The van der Waals surface area contributed by atoms with Crippen molar-refractivity contribution < 1.29 is 22.4 Å². The number of carbonyl (C=O) groups is 1. The normalized spacial score (nSPS) is 19.4. The largest absolute Gasteiger partial charge is 0.433 e. The van der Waals surface area contributed by atoms with Gasteiger partial charge in [0.15, 0.2) is 5.83 Å². The Bertz CT molecular complexity index is 1330. The van der Waals surface area contributed by atoms with Crippen molar-refractivity contribution in [1.82, 2.24) is 30.0 Å². The predicted octanol–water partition coefficient (Wildman–Crippen LogP) is 2.79. The van der Waals surface area contributed by atoms with Gasteiger partial charge in [-0.3, -0.25) is 19.4 Å². The molecule has 0 aromatic carbocycles. The number of aromatic nitrogens is 4. The Labute approximate surface area is 197 Å². The van der Waals surface area contributed by atoms with Crippen molar-refractivity contribution in [3.8, 4) is 11.3 Å². The average Bonchev–Trinajstić information content (AvgIpc) is 3.10. The van der Waals surface area contributed by atoms with Gasteiger partial charge in [0.25, 0.3) is 5.91 Å². The van der Waals surface area contributed by atoms with E-state index < -0.39 is 23.6 Å². The smallest absolute Gasteiger partial charge is 0.368 e. The van der Waals surface area contributed by atoms with Crippen molar-refractivity contribution in [2.75, 3.05) is 44.2 Å². The summed E-state index contributed by atoms with van der Waals surface area (Å²) >= 11 is 0. The lowest BCUT2D eigenvalue weighted by molar-refractivity contribution is -0.141. The number of nitrogens with zero attached hydrogens (tertiary/aromatic N) is 6. The summed E-state index contributed by atoms with van der Waals surface area (Å²) in [6.45, 7) is 7.23. The van der Waals surface area contributed by atoms with Crippen LogP contribution in [-0.2, 0) is 11.0 Å². The van der Waals surface area contributed by atoms with E-state index in [1.807, 2.05) is 6.07 Å². The standard InChI is InChI=1S/C23H21F4N7O/c1-13(24)21(35)32-7-15(8-32)34-20-16(33-11-22(12-33)9-28-10-22)4-5-29-19(20)18(31-34)14-2-3-17(30-6-14)23(25,26)27/h2-6,15,28H,1,7-12H2. The van der Waals surface area contributed by atoms with Crippen LogP contribution in [0.15, 0.2) is 43.0 Å². The molecule has 3 aliphatic rings. The highest BCUT2D eigenvalue weighted by Crippen LogP contribution is 2.42. The monoisotopic (exact) mass is 487 g/mol. The number of likely N-dealkylation sites (tertiary alicyclic amines) is 1. The van der Waals surface area contributed by atoms with Crippen molar-refractivity contribution in [1.29, 1.82) is 0 Å². The van der Waals surface area contributed by atoms with E-state index >= 15 is 0 Å². The maximum Gasteiger partial charge on any atom is 0.433 e. The molecule has 3 aromatic heterocycles. The van der Waals surface area contributed by atoms with Gasteiger partial charge in [-0.2, -0.15) is 18.3 Å². The number of halogens is 4. The molecule has 3 saturated heterocycles. The zero-order chi connectivity index (χ0) is 24.5. The van der Waals surface area contributed by atoms with Crippen LogP contribution in [0.4, 0.5) is 23.2 Å². The first-order valence-electron chi connectivity index (χ1n) is 11.2.